The fourth-order valence-corrected chi connectivity index (χ4v) is 5.19. The highest BCUT2D eigenvalue weighted by atomic mass is 16.5. The molecule has 6 rings (SSSR count). The van der Waals surface area contributed by atoms with Crippen LogP contribution in [0.5, 0.6) is 11.5 Å². The van der Waals surface area contributed by atoms with Gasteiger partial charge in [0.1, 0.15) is 11.5 Å². The molecule has 0 unspecified atom stereocenters. The zero-order valence-corrected chi connectivity index (χ0v) is 15.8. The number of rotatable bonds is 0. The number of nitrogens with zero attached hydrogens (tertiary/aromatic N) is 4. The maximum atomic E-state index is 10.0. The second-order valence-corrected chi connectivity index (χ2v) is 8.32. The molecular formula is C22H20N4O2. The number of aliphatic imine (C=N–C) groups is 1. The Balaban J connectivity index is 1.61. The molecule has 0 amide bonds. The van der Waals surface area contributed by atoms with Crippen molar-refractivity contribution in [1.29, 1.82) is 5.26 Å². The topological polar surface area (TPSA) is 61.1 Å². The standard InChI is InChI=1S/C22H20N4O2/c1-21-11-16(14-7-3-5-9-18(14)27-21)26-17-12-22(2,25(13-23)20(26)24-21)28-19-10-6-4-8-15(17)19/h3-10,16-17H,11-12H2,1-2H3/t16-,17+,21-,22+/m1/s1. The smallest absolute Gasteiger partial charge is 0.218 e. The van der Waals surface area contributed by atoms with E-state index in [4.69, 9.17) is 14.5 Å². The molecule has 28 heavy (non-hydrogen) atoms. The van der Waals surface area contributed by atoms with Crippen molar-refractivity contribution < 1.29 is 9.47 Å². The highest BCUT2D eigenvalue weighted by molar-refractivity contribution is 5.86. The predicted octanol–water partition coefficient (Wildman–Crippen LogP) is 3.93. The summed E-state index contributed by atoms with van der Waals surface area (Å²) in [5.41, 5.74) is 0.849. The predicted molar refractivity (Wildman–Crippen MR) is 102 cm³/mol. The highest BCUT2D eigenvalue weighted by Gasteiger charge is 2.58. The molecule has 140 valence electrons. The average Bonchev–Trinajstić information content (AvgIpc) is 2.67. The first-order chi connectivity index (χ1) is 13.5. The van der Waals surface area contributed by atoms with Crippen molar-refractivity contribution in [3.8, 4) is 17.7 Å². The molecule has 2 aromatic rings. The lowest BCUT2D eigenvalue weighted by Gasteiger charge is -2.59. The van der Waals surface area contributed by atoms with Gasteiger partial charge in [-0.1, -0.05) is 36.4 Å². The lowest BCUT2D eigenvalue weighted by Crippen LogP contribution is -2.67. The first-order valence-corrected chi connectivity index (χ1v) is 9.65. The van der Waals surface area contributed by atoms with Crippen LogP contribution < -0.4 is 9.47 Å². The Bertz CT molecular complexity index is 1080. The molecule has 1 saturated heterocycles. The number of nitriles is 1. The summed E-state index contributed by atoms with van der Waals surface area (Å²) in [5.74, 6) is 2.36. The Kier molecular flexibility index (Phi) is 2.82. The van der Waals surface area contributed by atoms with E-state index in [0.29, 0.717) is 12.4 Å². The summed E-state index contributed by atoms with van der Waals surface area (Å²) in [6, 6.07) is 16.5. The number of benzene rings is 2. The van der Waals surface area contributed by atoms with Crippen molar-refractivity contribution in [3.05, 3.63) is 59.7 Å². The molecule has 6 heteroatoms. The van der Waals surface area contributed by atoms with Crippen molar-refractivity contribution in [2.45, 2.75) is 50.2 Å². The highest BCUT2D eigenvalue weighted by Crippen LogP contribution is 2.56. The third-order valence-electron chi connectivity index (χ3n) is 6.37. The molecule has 4 heterocycles. The summed E-state index contributed by atoms with van der Waals surface area (Å²) in [6.07, 6.45) is 3.79. The lowest BCUT2D eigenvalue weighted by atomic mass is 9.83. The third-order valence-corrected chi connectivity index (χ3v) is 6.37. The van der Waals surface area contributed by atoms with E-state index in [2.05, 4.69) is 23.2 Å². The Labute approximate surface area is 163 Å². The van der Waals surface area contributed by atoms with Crippen LogP contribution >= 0.6 is 0 Å². The monoisotopic (exact) mass is 372 g/mol. The van der Waals surface area contributed by atoms with Gasteiger partial charge >= 0.3 is 0 Å². The Hall–Kier alpha value is -3.20. The molecular weight excluding hydrogens is 352 g/mol. The fraction of sp³-hybridized carbons (Fsp3) is 0.364. The molecule has 0 spiro atoms. The normalized spacial score (nSPS) is 34.0. The Morgan fingerprint density at radius 1 is 0.964 bits per heavy atom. The first kappa shape index (κ1) is 15.8. The van der Waals surface area contributed by atoms with Crippen molar-refractivity contribution in [1.82, 2.24) is 9.80 Å². The van der Waals surface area contributed by atoms with E-state index in [9.17, 15) is 5.26 Å². The van der Waals surface area contributed by atoms with E-state index < -0.39 is 11.4 Å². The SMILES string of the molecule is C[C@]12C[C@H](c3ccccc3O1)N1C(=N2)N(C#N)[C@]2(C)C[C@H]1c1ccccc1O2. The molecule has 4 bridgehead atoms. The molecule has 0 N–H and O–H groups in total. The van der Waals surface area contributed by atoms with Crippen LogP contribution in [-0.2, 0) is 0 Å². The van der Waals surface area contributed by atoms with E-state index in [0.717, 1.165) is 29.0 Å². The minimum Gasteiger partial charge on any atom is -0.467 e. The van der Waals surface area contributed by atoms with Gasteiger partial charge in [-0.2, -0.15) is 5.26 Å². The van der Waals surface area contributed by atoms with Crippen LogP contribution in [0.4, 0.5) is 0 Å². The fourth-order valence-electron chi connectivity index (χ4n) is 5.19. The first-order valence-electron chi connectivity index (χ1n) is 9.65. The van der Waals surface area contributed by atoms with Gasteiger partial charge < -0.3 is 14.4 Å². The van der Waals surface area contributed by atoms with E-state index in [1.54, 1.807) is 4.90 Å². The van der Waals surface area contributed by atoms with Gasteiger partial charge in [0.15, 0.2) is 11.9 Å². The molecule has 4 aliphatic rings. The van der Waals surface area contributed by atoms with Crippen LogP contribution in [-0.4, -0.2) is 27.2 Å². The zero-order valence-electron chi connectivity index (χ0n) is 15.8. The lowest BCUT2D eigenvalue weighted by molar-refractivity contribution is -0.0978. The van der Waals surface area contributed by atoms with Crippen LogP contribution in [0, 0.1) is 11.5 Å². The van der Waals surface area contributed by atoms with E-state index in [1.807, 2.05) is 50.2 Å². The van der Waals surface area contributed by atoms with Crippen LogP contribution in [0.3, 0.4) is 0 Å². The minimum atomic E-state index is -0.759. The van der Waals surface area contributed by atoms with Crippen molar-refractivity contribution >= 4 is 5.96 Å². The number of hydrogen-bond donors (Lipinski definition) is 0. The van der Waals surface area contributed by atoms with Gasteiger partial charge in [-0.15, -0.1) is 0 Å². The maximum absolute atomic E-state index is 10.0. The van der Waals surface area contributed by atoms with E-state index in [1.165, 1.54) is 0 Å². The van der Waals surface area contributed by atoms with Gasteiger partial charge in [-0.05, 0) is 26.0 Å². The van der Waals surface area contributed by atoms with Gasteiger partial charge in [-0.3, -0.25) is 0 Å². The van der Waals surface area contributed by atoms with Crippen LogP contribution in [0.15, 0.2) is 53.5 Å². The summed E-state index contributed by atoms with van der Waals surface area (Å²) in [6.45, 7) is 3.97. The van der Waals surface area contributed by atoms with Gasteiger partial charge in [0, 0.05) is 24.0 Å². The second-order valence-electron chi connectivity index (χ2n) is 8.32. The summed E-state index contributed by atoms with van der Waals surface area (Å²) in [5, 5.41) is 10.0. The summed E-state index contributed by atoms with van der Waals surface area (Å²) >= 11 is 0. The zero-order chi connectivity index (χ0) is 19.1. The van der Waals surface area contributed by atoms with Crippen LogP contribution in [0.2, 0.25) is 0 Å². The minimum absolute atomic E-state index is 0.0963. The number of fused-ring (bicyclic) bond motifs is 11. The number of guanidine groups is 1. The molecule has 6 nitrogen and oxygen atoms in total. The van der Waals surface area contributed by atoms with Gasteiger partial charge in [0.25, 0.3) is 0 Å². The van der Waals surface area contributed by atoms with Gasteiger partial charge in [0.2, 0.25) is 11.7 Å². The van der Waals surface area contributed by atoms with Crippen LogP contribution in [0.1, 0.15) is 49.9 Å². The summed E-state index contributed by atoms with van der Waals surface area (Å²) < 4.78 is 12.6. The number of hydrogen-bond acceptors (Lipinski definition) is 6. The number of para-hydroxylation sites is 2. The largest absolute Gasteiger partial charge is 0.467 e. The van der Waals surface area contributed by atoms with Crippen molar-refractivity contribution in [3.63, 3.8) is 0 Å². The third kappa shape index (κ3) is 1.89. The Morgan fingerprint density at radius 2 is 1.57 bits per heavy atom. The molecule has 2 aromatic carbocycles. The molecule has 4 atom stereocenters. The number of ether oxygens (including phenoxy) is 2. The van der Waals surface area contributed by atoms with Gasteiger partial charge in [0.05, 0.1) is 12.1 Å². The quantitative estimate of drug-likeness (QED) is 0.656. The Morgan fingerprint density at radius 3 is 2.25 bits per heavy atom. The molecule has 0 radical (unpaired) electrons. The van der Waals surface area contributed by atoms with E-state index >= 15 is 0 Å². The molecule has 1 fully saturated rings. The van der Waals surface area contributed by atoms with Crippen LogP contribution in [0.25, 0.3) is 0 Å². The maximum Gasteiger partial charge on any atom is 0.218 e. The molecule has 0 aliphatic carbocycles. The summed E-state index contributed by atoms with van der Waals surface area (Å²) in [4.78, 5) is 8.89. The van der Waals surface area contributed by atoms with E-state index in [-0.39, 0.29) is 12.1 Å². The van der Waals surface area contributed by atoms with Gasteiger partial charge in [-0.25, -0.2) is 9.89 Å². The summed E-state index contributed by atoms with van der Waals surface area (Å²) in [7, 11) is 0. The van der Waals surface area contributed by atoms with Crippen molar-refractivity contribution in [2.24, 2.45) is 4.99 Å². The van der Waals surface area contributed by atoms with Crippen molar-refractivity contribution in [2.75, 3.05) is 0 Å². The average molecular weight is 372 g/mol. The second kappa shape index (κ2) is 4.99. The molecule has 0 saturated carbocycles. The molecule has 4 aliphatic heterocycles. The molecule has 0 aromatic heterocycles.